The first kappa shape index (κ1) is 13.8. The number of rotatable bonds is 6. The van der Waals surface area contributed by atoms with Gasteiger partial charge in [-0.05, 0) is 18.9 Å². The first-order valence-corrected chi connectivity index (χ1v) is 6.49. The van der Waals surface area contributed by atoms with E-state index in [0.29, 0.717) is 19.6 Å². The molecule has 2 unspecified atom stereocenters. The topological polar surface area (TPSA) is 73.6 Å². The second kappa shape index (κ2) is 6.54. The summed E-state index contributed by atoms with van der Waals surface area (Å²) >= 11 is 0. The van der Waals surface area contributed by atoms with Crippen molar-refractivity contribution in [2.45, 2.75) is 24.9 Å². The highest BCUT2D eigenvalue weighted by atomic mass is 16.5. The lowest BCUT2D eigenvalue weighted by molar-refractivity contribution is -0.123. The molecular weight excluding hydrogens is 244 g/mol. The van der Waals surface area contributed by atoms with E-state index in [0.717, 1.165) is 17.7 Å². The molecule has 2 rings (SSSR count). The minimum Gasteiger partial charge on any atom is -0.491 e. The lowest BCUT2D eigenvalue weighted by Gasteiger charge is -2.16. The largest absolute Gasteiger partial charge is 0.491 e. The van der Waals surface area contributed by atoms with Crippen LogP contribution in [0.4, 0.5) is 0 Å². The van der Waals surface area contributed by atoms with Gasteiger partial charge in [-0.2, -0.15) is 0 Å². The predicted octanol–water partition coefficient (Wildman–Crippen LogP) is 0.990. The molecule has 0 bridgehead atoms. The average molecular weight is 264 g/mol. The summed E-state index contributed by atoms with van der Waals surface area (Å²) in [6.07, 6.45) is 1.40. The third kappa shape index (κ3) is 3.45. The number of nitrogens with one attached hydrogen (secondary N) is 1. The number of hydrogen-bond donors (Lipinski definition) is 2. The Balaban J connectivity index is 1.86. The van der Waals surface area contributed by atoms with Crippen LogP contribution in [0.1, 0.15) is 24.4 Å². The molecule has 0 saturated carbocycles. The van der Waals surface area contributed by atoms with Crippen molar-refractivity contribution < 1.29 is 14.3 Å². The Hall–Kier alpha value is -1.59. The Morgan fingerprint density at radius 2 is 2.37 bits per heavy atom. The highest BCUT2D eigenvalue weighted by molar-refractivity contribution is 5.82. The van der Waals surface area contributed by atoms with Gasteiger partial charge in [0.25, 0.3) is 0 Å². The van der Waals surface area contributed by atoms with Crippen molar-refractivity contribution in [3.05, 3.63) is 29.8 Å². The minimum absolute atomic E-state index is 0.0998. The normalized spacial score (nSPS) is 18.5. The van der Waals surface area contributed by atoms with Crippen molar-refractivity contribution in [3.63, 3.8) is 0 Å². The van der Waals surface area contributed by atoms with Crippen LogP contribution in [0.5, 0.6) is 5.75 Å². The Kier molecular flexibility index (Phi) is 4.76. The molecule has 0 fully saturated rings. The van der Waals surface area contributed by atoms with Crippen LogP contribution in [0.25, 0.3) is 0 Å². The van der Waals surface area contributed by atoms with Gasteiger partial charge in [0, 0.05) is 19.3 Å². The molecule has 0 aliphatic carbocycles. The maximum Gasteiger partial charge on any atom is 0.237 e. The van der Waals surface area contributed by atoms with Crippen molar-refractivity contribution in [1.29, 1.82) is 0 Å². The van der Waals surface area contributed by atoms with E-state index in [1.165, 1.54) is 0 Å². The molecule has 104 valence electrons. The van der Waals surface area contributed by atoms with Crippen LogP contribution in [0.3, 0.4) is 0 Å². The molecule has 1 aromatic rings. The number of para-hydroxylation sites is 1. The van der Waals surface area contributed by atoms with E-state index in [2.05, 4.69) is 5.32 Å². The zero-order chi connectivity index (χ0) is 13.7. The third-order valence-corrected chi connectivity index (χ3v) is 3.22. The van der Waals surface area contributed by atoms with Crippen molar-refractivity contribution in [2.24, 2.45) is 5.73 Å². The van der Waals surface area contributed by atoms with Gasteiger partial charge in [-0.3, -0.25) is 4.79 Å². The number of benzene rings is 1. The van der Waals surface area contributed by atoms with Crippen LogP contribution in [0.2, 0.25) is 0 Å². The van der Waals surface area contributed by atoms with Crippen molar-refractivity contribution in [3.8, 4) is 5.75 Å². The molecule has 2 atom stereocenters. The first-order valence-electron chi connectivity index (χ1n) is 6.49. The highest BCUT2D eigenvalue weighted by Crippen LogP contribution is 2.31. The molecule has 5 nitrogen and oxygen atoms in total. The molecular formula is C14H20N2O3. The molecule has 0 spiro atoms. The summed E-state index contributed by atoms with van der Waals surface area (Å²) < 4.78 is 10.5. The fourth-order valence-corrected chi connectivity index (χ4v) is 2.14. The van der Waals surface area contributed by atoms with E-state index >= 15 is 0 Å². The van der Waals surface area contributed by atoms with Crippen LogP contribution in [-0.4, -0.2) is 32.3 Å². The van der Waals surface area contributed by atoms with Gasteiger partial charge in [-0.1, -0.05) is 18.2 Å². The lowest BCUT2D eigenvalue weighted by Crippen LogP contribution is -2.42. The van der Waals surface area contributed by atoms with E-state index in [4.69, 9.17) is 15.2 Å². The van der Waals surface area contributed by atoms with Crippen molar-refractivity contribution >= 4 is 5.91 Å². The molecule has 3 N–H and O–H groups in total. The number of ether oxygens (including phenoxy) is 2. The van der Waals surface area contributed by atoms with Gasteiger partial charge in [0.15, 0.2) is 0 Å². The van der Waals surface area contributed by atoms with Gasteiger partial charge in [0.1, 0.15) is 12.4 Å². The van der Waals surface area contributed by atoms with Gasteiger partial charge in [-0.15, -0.1) is 0 Å². The number of amides is 1. The Morgan fingerprint density at radius 3 is 3.16 bits per heavy atom. The standard InChI is InChI=1S/C14H20N2O3/c1-18-8-4-6-11(15)14(17)16-12-9-19-13-7-3-2-5-10(12)13/h2-3,5,7,11-12H,4,6,8-9,15H2,1H3,(H,16,17). The SMILES string of the molecule is COCCCC(N)C(=O)NC1COc2ccccc21. The van der Waals surface area contributed by atoms with Crippen molar-refractivity contribution in [1.82, 2.24) is 5.32 Å². The van der Waals surface area contributed by atoms with E-state index in [9.17, 15) is 4.79 Å². The van der Waals surface area contributed by atoms with Crippen LogP contribution in [0.15, 0.2) is 24.3 Å². The Labute approximate surface area is 113 Å². The van der Waals surface area contributed by atoms with E-state index in [1.54, 1.807) is 7.11 Å². The van der Waals surface area contributed by atoms with Crippen LogP contribution >= 0.6 is 0 Å². The van der Waals surface area contributed by atoms with E-state index < -0.39 is 6.04 Å². The van der Waals surface area contributed by atoms with E-state index in [-0.39, 0.29) is 11.9 Å². The average Bonchev–Trinajstić information content (AvgIpc) is 2.82. The number of nitrogens with two attached hydrogens (primary N) is 1. The molecule has 5 heteroatoms. The molecule has 0 saturated heterocycles. The quantitative estimate of drug-likeness (QED) is 0.751. The highest BCUT2D eigenvalue weighted by Gasteiger charge is 2.26. The molecule has 1 heterocycles. The molecule has 1 aliphatic heterocycles. The second-order valence-corrected chi connectivity index (χ2v) is 4.65. The zero-order valence-corrected chi connectivity index (χ0v) is 11.1. The summed E-state index contributed by atoms with van der Waals surface area (Å²) in [5.74, 6) is 0.696. The van der Waals surface area contributed by atoms with Gasteiger partial charge >= 0.3 is 0 Å². The fraction of sp³-hybridized carbons (Fsp3) is 0.500. The predicted molar refractivity (Wildman–Crippen MR) is 71.9 cm³/mol. The maximum atomic E-state index is 12.0. The number of hydrogen-bond acceptors (Lipinski definition) is 4. The summed E-state index contributed by atoms with van der Waals surface area (Å²) in [6, 6.07) is 7.12. The van der Waals surface area contributed by atoms with Gasteiger partial charge < -0.3 is 20.5 Å². The Bertz CT molecular complexity index is 436. The zero-order valence-electron chi connectivity index (χ0n) is 11.1. The third-order valence-electron chi connectivity index (χ3n) is 3.22. The minimum atomic E-state index is -0.497. The smallest absolute Gasteiger partial charge is 0.237 e. The van der Waals surface area contributed by atoms with Crippen LogP contribution < -0.4 is 15.8 Å². The molecule has 1 aromatic carbocycles. The first-order chi connectivity index (χ1) is 9.22. The number of fused-ring (bicyclic) bond motifs is 1. The van der Waals surface area contributed by atoms with Gasteiger partial charge in [0.05, 0.1) is 12.1 Å². The molecule has 19 heavy (non-hydrogen) atoms. The monoisotopic (exact) mass is 264 g/mol. The lowest BCUT2D eigenvalue weighted by atomic mass is 10.1. The van der Waals surface area contributed by atoms with Crippen LogP contribution in [0, 0.1) is 0 Å². The second-order valence-electron chi connectivity index (χ2n) is 4.65. The summed E-state index contributed by atoms with van der Waals surface area (Å²) in [5, 5.41) is 2.93. The van der Waals surface area contributed by atoms with Gasteiger partial charge in [-0.25, -0.2) is 0 Å². The van der Waals surface area contributed by atoms with Crippen LogP contribution in [-0.2, 0) is 9.53 Å². The number of carbonyl (C=O) groups excluding carboxylic acids is 1. The maximum absolute atomic E-state index is 12.0. The summed E-state index contributed by atoms with van der Waals surface area (Å²) in [6.45, 7) is 1.09. The number of carbonyl (C=O) groups is 1. The Morgan fingerprint density at radius 1 is 1.58 bits per heavy atom. The summed E-state index contributed by atoms with van der Waals surface area (Å²) in [4.78, 5) is 12.0. The number of methoxy groups -OCH3 is 1. The summed E-state index contributed by atoms with van der Waals surface area (Å²) in [5.41, 5.74) is 6.86. The van der Waals surface area contributed by atoms with Crippen molar-refractivity contribution in [2.75, 3.05) is 20.3 Å². The van der Waals surface area contributed by atoms with E-state index in [1.807, 2.05) is 24.3 Å². The summed E-state index contributed by atoms with van der Waals surface area (Å²) in [7, 11) is 1.64. The molecule has 1 aliphatic rings. The molecule has 0 radical (unpaired) electrons. The fourth-order valence-electron chi connectivity index (χ4n) is 2.14. The molecule has 0 aromatic heterocycles. The van der Waals surface area contributed by atoms with Gasteiger partial charge in [0.2, 0.25) is 5.91 Å². The molecule has 1 amide bonds.